The van der Waals surface area contributed by atoms with E-state index in [9.17, 15) is 9.59 Å². The van der Waals surface area contributed by atoms with Crippen LogP contribution in [0.15, 0.2) is 0 Å². The number of carboxylic acid groups (broad SMARTS) is 1. The first-order chi connectivity index (χ1) is 7.02. The lowest BCUT2D eigenvalue weighted by atomic mass is 10.0. The number of carboxylic acids is 1. The lowest BCUT2D eigenvalue weighted by molar-refractivity contribution is -0.146. The number of hydrogen-bond donors (Lipinski definition) is 1. The Morgan fingerprint density at radius 1 is 1.33 bits per heavy atom. The van der Waals surface area contributed by atoms with E-state index in [1.807, 2.05) is 6.92 Å². The zero-order chi connectivity index (χ0) is 11.8. The molecule has 0 saturated heterocycles. The van der Waals surface area contributed by atoms with Gasteiger partial charge in [0.05, 0.1) is 0 Å². The summed E-state index contributed by atoms with van der Waals surface area (Å²) in [5, 5.41) is 8.63. The number of unbranched alkanes of at least 4 members (excludes halogenated alkanes) is 1. The lowest BCUT2D eigenvalue weighted by Gasteiger charge is -2.22. The molecule has 1 unspecified atom stereocenters. The zero-order valence-electron chi connectivity index (χ0n) is 9.82. The molecule has 0 aliphatic rings. The Morgan fingerprint density at radius 2 is 1.93 bits per heavy atom. The summed E-state index contributed by atoms with van der Waals surface area (Å²) in [4.78, 5) is 23.7. The van der Waals surface area contributed by atoms with Crippen LogP contribution in [0.5, 0.6) is 0 Å². The third kappa shape index (κ3) is 5.40. The molecular weight excluding hydrogens is 194 g/mol. The van der Waals surface area contributed by atoms with Gasteiger partial charge in [-0.15, -0.1) is 0 Å². The summed E-state index contributed by atoms with van der Waals surface area (Å²) < 4.78 is 0. The van der Waals surface area contributed by atoms with Crippen LogP contribution in [0.4, 0.5) is 0 Å². The average molecular weight is 215 g/mol. The van der Waals surface area contributed by atoms with Crippen molar-refractivity contribution < 1.29 is 14.7 Å². The Balaban J connectivity index is 4.17. The van der Waals surface area contributed by atoms with Gasteiger partial charge in [-0.25, -0.2) is 0 Å². The van der Waals surface area contributed by atoms with Crippen LogP contribution in [-0.2, 0) is 9.59 Å². The first-order valence-electron chi connectivity index (χ1n) is 5.53. The molecule has 1 N–H and O–H groups in total. The van der Waals surface area contributed by atoms with Crippen molar-refractivity contribution in [3.05, 3.63) is 0 Å². The van der Waals surface area contributed by atoms with E-state index in [2.05, 4.69) is 6.92 Å². The highest BCUT2D eigenvalue weighted by Crippen LogP contribution is 2.11. The maximum Gasteiger partial charge on any atom is 0.323 e. The van der Waals surface area contributed by atoms with Crippen LogP contribution in [0, 0.1) is 5.92 Å². The van der Waals surface area contributed by atoms with E-state index in [4.69, 9.17) is 5.11 Å². The summed E-state index contributed by atoms with van der Waals surface area (Å²) in [7, 11) is 0. The quantitative estimate of drug-likeness (QED) is 0.703. The van der Waals surface area contributed by atoms with Crippen LogP contribution < -0.4 is 0 Å². The second-order valence-corrected chi connectivity index (χ2v) is 3.79. The molecule has 0 fully saturated rings. The predicted octanol–water partition coefficient (Wildman–Crippen LogP) is 1.75. The van der Waals surface area contributed by atoms with Gasteiger partial charge < -0.3 is 10.0 Å². The summed E-state index contributed by atoms with van der Waals surface area (Å²) in [6.45, 7) is 6.01. The summed E-state index contributed by atoms with van der Waals surface area (Å²) in [6.07, 6.45) is 2.91. The third-order valence-corrected chi connectivity index (χ3v) is 2.43. The number of hydrogen-bond acceptors (Lipinski definition) is 2. The average Bonchev–Trinajstić information content (AvgIpc) is 2.21. The molecule has 0 aromatic rings. The van der Waals surface area contributed by atoms with Crippen molar-refractivity contribution in [2.24, 2.45) is 5.92 Å². The van der Waals surface area contributed by atoms with E-state index in [0.29, 0.717) is 6.54 Å². The van der Waals surface area contributed by atoms with Crippen LogP contribution >= 0.6 is 0 Å². The van der Waals surface area contributed by atoms with Gasteiger partial charge in [-0.1, -0.05) is 26.7 Å². The first-order valence-corrected chi connectivity index (χ1v) is 5.53. The number of nitrogens with zero attached hydrogens (tertiary/aromatic N) is 1. The largest absolute Gasteiger partial charge is 0.480 e. The van der Waals surface area contributed by atoms with Gasteiger partial charge in [0.1, 0.15) is 6.54 Å². The van der Waals surface area contributed by atoms with Crippen molar-refractivity contribution in [3.63, 3.8) is 0 Å². The fourth-order valence-corrected chi connectivity index (χ4v) is 1.45. The number of carbonyl (C=O) groups excluding carboxylic acids is 1. The minimum Gasteiger partial charge on any atom is -0.480 e. The summed E-state index contributed by atoms with van der Waals surface area (Å²) in [5.41, 5.74) is 0. The van der Waals surface area contributed by atoms with Gasteiger partial charge in [-0.3, -0.25) is 9.59 Å². The van der Waals surface area contributed by atoms with E-state index in [1.54, 1.807) is 6.92 Å². The number of aliphatic carboxylic acids is 1. The summed E-state index contributed by atoms with van der Waals surface area (Å²) >= 11 is 0. The molecule has 0 aromatic carbocycles. The van der Waals surface area contributed by atoms with Gasteiger partial charge in [0.2, 0.25) is 5.91 Å². The molecular formula is C11H21NO3. The Kier molecular flexibility index (Phi) is 6.75. The summed E-state index contributed by atoms with van der Waals surface area (Å²) in [5.74, 6) is -1.06. The van der Waals surface area contributed by atoms with Crippen LogP contribution in [0.2, 0.25) is 0 Å². The second kappa shape index (κ2) is 7.26. The molecule has 0 heterocycles. The van der Waals surface area contributed by atoms with Crippen molar-refractivity contribution in [3.8, 4) is 0 Å². The van der Waals surface area contributed by atoms with Gasteiger partial charge >= 0.3 is 5.97 Å². The maximum atomic E-state index is 11.8. The molecule has 0 radical (unpaired) electrons. The second-order valence-electron chi connectivity index (χ2n) is 3.79. The molecule has 0 aliphatic carbocycles. The van der Waals surface area contributed by atoms with Gasteiger partial charge in [-0.05, 0) is 13.3 Å². The number of rotatable bonds is 7. The van der Waals surface area contributed by atoms with Crippen LogP contribution in [0.25, 0.3) is 0 Å². The van der Waals surface area contributed by atoms with E-state index in [1.165, 1.54) is 4.90 Å². The summed E-state index contributed by atoms with van der Waals surface area (Å²) in [6, 6.07) is 0. The van der Waals surface area contributed by atoms with Gasteiger partial charge in [0, 0.05) is 12.5 Å². The van der Waals surface area contributed by atoms with Crippen LogP contribution in [0.1, 0.15) is 40.0 Å². The van der Waals surface area contributed by atoms with Crippen LogP contribution in [0.3, 0.4) is 0 Å². The van der Waals surface area contributed by atoms with E-state index in [0.717, 1.165) is 19.3 Å². The topological polar surface area (TPSA) is 57.6 Å². The Hall–Kier alpha value is -1.06. The SMILES string of the molecule is CCCCC(C)C(=O)N(CC)CC(=O)O. The van der Waals surface area contributed by atoms with Gasteiger partial charge in [0.15, 0.2) is 0 Å². The molecule has 88 valence electrons. The van der Waals surface area contributed by atoms with Gasteiger partial charge in [-0.2, -0.15) is 0 Å². The highest BCUT2D eigenvalue weighted by Gasteiger charge is 2.20. The van der Waals surface area contributed by atoms with Crippen molar-refractivity contribution >= 4 is 11.9 Å². The van der Waals surface area contributed by atoms with E-state index in [-0.39, 0.29) is 18.4 Å². The third-order valence-electron chi connectivity index (χ3n) is 2.43. The highest BCUT2D eigenvalue weighted by atomic mass is 16.4. The molecule has 1 amide bonds. The minimum absolute atomic E-state index is 0.0478. The standard InChI is InChI=1S/C11H21NO3/c1-4-6-7-9(3)11(15)12(5-2)8-10(13)14/h9H,4-8H2,1-3H3,(H,13,14). The molecule has 0 saturated carbocycles. The molecule has 4 nitrogen and oxygen atoms in total. The molecule has 4 heteroatoms. The lowest BCUT2D eigenvalue weighted by Crippen LogP contribution is -2.38. The van der Waals surface area contributed by atoms with Crippen molar-refractivity contribution in [2.75, 3.05) is 13.1 Å². The fourth-order valence-electron chi connectivity index (χ4n) is 1.45. The minimum atomic E-state index is -0.951. The molecule has 0 rings (SSSR count). The zero-order valence-corrected chi connectivity index (χ0v) is 9.82. The number of likely N-dealkylation sites (N-methyl/N-ethyl adjacent to an activating group) is 1. The highest BCUT2D eigenvalue weighted by molar-refractivity contribution is 5.82. The van der Waals surface area contributed by atoms with Gasteiger partial charge in [0.25, 0.3) is 0 Å². The Morgan fingerprint density at radius 3 is 2.33 bits per heavy atom. The molecule has 0 bridgehead atoms. The molecule has 0 aliphatic heterocycles. The van der Waals surface area contributed by atoms with Crippen molar-refractivity contribution in [1.29, 1.82) is 0 Å². The molecule has 15 heavy (non-hydrogen) atoms. The maximum absolute atomic E-state index is 11.8. The molecule has 0 aromatic heterocycles. The monoisotopic (exact) mass is 215 g/mol. The number of carbonyl (C=O) groups is 2. The molecule has 1 atom stereocenters. The predicted molar refractivity (Wildman–Crippen MR) is 58.6 cm³/mol. The van der Waals surface area contributed by atoms with E-state index < -0.39 is 5.97 Å². The smallest absolute Gasteiger partial charge is 0.323 e. The first kappa shape index (κ1) is 13.9. The Labute approximate surface area is 91.3 Å². The van der Waals surface area contributed by atoms with Crippen LogP contribution in [-0.4, -0.2) is 35.0 Å². The number of amides is 1. The van der Waals surface area contributed by atoms with Crippen molar-refractivity contribution in [2.45, 2.75) is 40.0 Å². The Bertz CT molecular complexity index is 216. The fraction of sp³-hybridized carbons (Fsp3) is 0.818. The molecule has 0 spiro atoms. The van der Waals surface area contributed by atoms with E-state index >= 15 is 0 Å². The van der Waals surface area contributed by atoms with Crippen molar-refractivity contribution in [1.82, 2.24) is 4.90 Å². The normalized spacial score (nSPS) is 12.2.